The van der Waals surface area contributed by atoms with Gasteiger partial charge in [-0.2, -0.15) is 27.0 Å². The molecule has 1 unspecified atom stereocenters. The molecule has 46 heavy (non-hydrogen) atoms. The largest absolute Gasteiger partial charge is 0.508 e. The third kappa shape index (κ3) is 5.04. The minimum absolute atomic E-state index is 0.0678. The molecule has 1 N–H and O–H groups in total. The maximum Gasteiger partial charge on any atom is 0.317 e. The molecule has 3 aliphatic heterocycles. The normalized spacial score (nSPS) is 24.1. The van der Waals surface area contributed by atoms with Gasteiger partial charge in [0.1, 0.15) is 29.7 Å². The molecule has 2 aromatic heterocycles. The molecule has 3 fully saturated rings. The van der Waals surface area contributed by atoms with Crippen molar-refractivity contribution in [3.63, 3.8) is 0 Å². The summed E-state index contributed by atoms with van der Waals surface area (Å²) in [6.07, 6.45) is 2.60. The summed E-state index contributed by atoms with van der Waals surface area (Å²) in [6, 6.07) is 4.34. The summed E-state index contributed by atoms with van der Waals surface area (Å²) in [6.45, 7) is 1.40. The van der Waals surface area contributed by atoms with Gasteiger partial charge >= 0.3 is 6.01 Å². The first kappa shape index (κ1) is 31.0. The first-order valence-corrected chi connectivity index (χ1v) is 16.4. The maximum absolute atomic E-state index is 16.6. The summed E-state index contributed by atoms with van der Waals surface area (Å²) in [5.41, 5.74) is -0.996. The van der Waals surface area contributed by atoms with Gasteiger partial charge in [0.15, 0.2) is 17.5 Å². The number of ether oxygens (including phenoxy) is 1. The van der Waals surface area contributed by atoms with Crippen LogP contribution in [0.5, 0.6) is 11.8 Å². The highest BCUT2D eigenvalue weighted by Gasteiger charge is 2.49. The molecule has 10 nitrogen and oxygen atoms in total. The minimum Gasteiger partial charge on any atom is -0.508 e. The van der Waals surface area contributed by atoms with Gasteiger partial charge in [-0.15, -0.1) is 0 Å². The van der Waals surface area contributed by atoms with Crippen LogP contribution >= 0.6 is 0 Å². The van der Waals surface area contributed by atoms with E-state index in [1.165, 1.54) is 36.7 Å². The second-order valence-corrected chi connectivity index (χ2v) is 14.7. The van der Waals surface area contributed by atoms with Crippen molar-refractivity contribution < 1.29 is 35.8 Å². The zero-order valence-electron chi connectivity index (χ0n) is 25.2. The minimum atomic E-state index is -3.73. The molecule has 3 aliphatic rings. The Labute approximate surface area is 262 Å². The lowest BCUT2D eigenvalue weighted by Gasteiger charge is -2.30. The molecular weight excluding hydrogens is 628 g/mol. The smallest absolute Gasteiger partial charge is 0.317 e. The van der Waals surface area contributed by atoms with E-state index in [2.05, 4.69) is 19.9 Å². The first-order valence-electron chi connectivity index (χ1n) is 15.0. The van der Waals surface area contributed by atoms with Gasteiger partial charge in [-0.05, 0) is 49.4 Å². The number of phenols is 1. The molecule has 244 valence electrons. The molecule has 3 saturated heterocycles. The van der Waals surface area contributed by atoms with Crippen LogP contribution in [0.1, 0.15) is 37.3 Å². The zero-order valence-corrected chi connectivity index (χ0v) is 26.0. The fraction of sp³-hybridized carbons (Fsp3) is 0.452. The van der Waals surface area contributed by atoms with Crippen molar-refractivity contribution in [2.45, 2.75) is 43.3 Å². The van der Waals surface area contributed by atoms with Crippen LogP contribution in [0.3, 0.4) is 0 Å². The molecule has 2 aromatic carbocycles. The average molecular weight is 661 g/mol. The van der Waals surface area contributed by atoms with Gasteiger partial charge in [0, 0.05) is 68.6 Å². The monoisotopic (exact) mass is 660 g/mol. The van der Waals surface area contributed by atoms with E-state index in [4.69, 9.17) is 4.74 Å². The van der Waals surface area contributed by atoms with E-state index < -0.39 is 45.3 Å². The molecule has 0 spiro atoms. The number of hydrogen-bond acceptors (Lipinski definition) is 8. The van der Waals surface area contributed by atoms with Crippen molar-refractivity contribution in [2.24, 2.45) is 0 Å². The Morgan fingerprint density at radius 1 is 1.11 bits per heavy atom. The van der Waals surface area contributed by atoms with Crippen LogP contribution in [-0.4, -0.2) is 101 Å². The van der Waals surface area contributed by atoms with E-state index in [0.29, 0.717) is 25.1 Å². The predicted octanol–water partition coefficient (Wildman–Crippen LogP) is 4.52. The molecule has 0 radical (unpaired) electrons. The van der Waals surface area contributed by atoms with E-state index >= 15 is 8.78 Å². The number of hydrogen-bond donors (Lipinski definition) is 1. The highest BCUT2D eigenvalue weighted by molar-refractivity contribution is 7.86. The average Bonchev–Trinajstić information content (AvgIpc) is 3.73. The number of alkyl halides is 1. The lowest BCUT2D eigenvalue weighted by Crippen LogP contribution is -2.43. The van der Waals surface area contributed by atoms with Crippen molar-refractivity contribution >= 4 is 31.9 Å². The Bertz CT molecular complexity index is 1980. The number of pyridine rings is 1. The third-order valence-corrected chi connectivity index (χ3v) is 11.4. The van der Waals surface area contributed by atoms with E-state index in [0.717, 1.165) is 35.8 Å². The van der Waals surface area contributed by atoms with Crippen molar-refractivity contribution in [3.05, 3.63) is 53.6 Å². The van der Waals surface area contributed by atoms with Crippen LogP contribution in [-0.2, 0) is 10.2 Å². The van der Waals surface area contributed by atoms with Gasteiger partial charge in [-0.3, -0.25) is 9.88 Å². The lowest BCUT2D eigenvalue weighted by molar-refractivity contribution is 0.107. The van der Waals surface area contributed by atoms with Crippen LogP contribution in [0, 0.1) is 17.5 Å². The number of phenolic OH excluding ortho intramolecular Hbond substituents is 1. The van der Waals surface area contributed by atoms with Crippen molar-refractivity contribution in [1.29, 1.82) is 0 Å². The van der Waals surface area contributed by atoms with E-state index in [1.54, 1.807) is 0 Å². The molecule has 7 rings (SSSR count). The molecule has 15 heteroatoms. The van der Waals surface area contributed by atoms with Gasteiger partial charge in [0.05, 0.1) is 11.2 Å². The summed E-state index contributed by atoms with van der Waals surface area (Å²) in [7, 11) is -0.857. The lowest BCUT2D eigenvalue weighted by atomic mass is 9.95. The Hall–Kier alpha value is -3.66. The van der Waals surface area contributed by atoms with Gasteiger partial charge in [-0.1, -0.05) is 6.07 Å². The maximum atomic E-state index is 16.6. The summed E-state index contributed by atoms with van der Waals surface area (Å²) in [5.74, 6) is -4.13. The van der Waals surface area contributed by atoms with Crippen molar-refractivity contribution in [1.82, 2.24) is 28.5 Å². The second kappa shape index (κ2) is 11.2. The van der Waals surface area contributed by atoms with Crippen LogP contribution in [0.15, 0.2) is 30.5 Å². The van der Waals surface area contributed by atoms with E-state index in [-0.39, 0.29) is 64.4 Å². The number of nitrogens with zero attached hydrogens (tertiary/aromatic N) is 6. The van der Waals surface area contributed by atoms with Crippen molar-refractivity contribution in [3.8, 4) is 23.0 Å². The molecule has 5 heterocycles. The topological polar surface area (TPSA) is 112 Å². The van der Waals surface area contributed by atoms with Crippen LogP contribution < -0.4 is 4.74 Å². The molecule has 0 saturated carbocycles. The summed E-state index contributed by atoms with van der Waals surface area (Å²) in [4.78, 5) is 15.4. The molecule has 0 aliphatic carbocycles. The number of aromatic nitrogens is 3. The summed E-state index contributed by atoms with van der Waals surface area (Å²) in [5, 5.41) is 10.4. The predicted molar refractivity (Wildman–Crippen MR) is 162 cm³/mol. The number of fused-ring (bicyclic) bond motifs is 3. The Balaban J connectivity index is 1.36. The van der Waals surface area contributed by atoms with Crippen molar-refractivity contribution in [2.75, 3.05) is 46.9 Å². The van der Waals surface area contributed by atoms with Crippen LogP contribution in [0.4, 0.5) is 17.6 Å². The van der Waals surface area contributed by atoms with Gasteiger partial charge in [0.25, 0.3) is 10.2 Å². The SMILES string of the molecule is CN(C)S(=O)(=O)N1CCC(c2nc(OC[C@@]34CCCN3C[C@H](F)C4)nc3c(F)c(-c4cc(O)cc5ccc(F)c(F)c45)ncc23)C1. The second-order valence-electron chi connectivity index (χ2n) is 12.5. The zero-order chi connectivity index (χ0) is 32.5. The standard InChI is InChI=1S/C31H32F4N6O4S/c1-39(2)46(43,44)41-9-6-18(14-41)27-22-13-36-28(21-11-20(42)10-17-4-5-23(33)25(34)24(17)21)26(35)29(22)38-30(37-27)45-16-31-7-3-8-40(31)15-19(32)12-31/h4-5,10-11,13,18-19,42H,3,6-9,12,14-16H2,1-2H3/t18?,19-,31+/m1/s1. The summed E-state index contributed by atoms with van der Waals surface area (Å²) >= 11 is 0. The fourth-order valence-corrected chi connectivity index (χ4v) is 8.39. The van der Waals surface area contributed by atoms with Gasteiger partial charge < -0.3 is 9.84 Å². The van der Waals surface area contributed by atoms with Crippen LogP contribution in [0.25, 0.3) is 32.9 Å². The van der Waals surface area contributed by atoms with E-state index in [1.807, 2.05) is 0 Å². The number of benzene rings is 2. The molecule has 4 aromatic rings. The van der Waals surface area contributed by atoms with Gasteiger partial charge in [-0.25, -0.2) is 17.6 Å². The molecule has 0 amide bonds. The Kier molecular flexibility index (Phi) is 7.57. The third-order valence-electron chi connectivity index (χ3n) is 9.50. The van der Waals surface area contributed by atoms with Crippen LogP contribution in [0.2, 0.25) is 0 Å². The molecule has 3 atom stereocenters. The quantitative estimate of drug-likeness (QED) is 0.288. The highest BCUT2D eigenvalue weighted by Crippen LogP contribution is 2.42. The summed E-state index contributed by atoms with van der Waals surface area (Å²) < 4.78 is 94.7. The number of aromatic hydroxyl groups is 1. The fourth-order valence-electron chi connectivity index (χ4n) is 7.23. The Morgan fingerprint density at radius 2 is 1.91 bits per heavy atom. The Morgan fingerprint density at radius 3 is 2.70 bits per heavy atom. The highest BCUT2D eigenvalue weighted by atomic mass is 32.2. The number of rotatable bonds is 7. The first-order chi connectivity index (χ1) is 21.9. The number of halogens is 4. The van der Waals surface area contributed by atoms with Gasteiger partial charge in [0.2, 0.25) is 0 Å². The van der Waals surface area contributed by atoms with E-state index in [9.17, 15) is 22.3 Å². The molecular formula is C31H32F4N6O4S. The molecule has 0 bridgehead atoms.